The summed E-state index contributed by atoms with van der Waals surface area (Å²) in [5.74, 6) is 3.77. The van der Waals surface area contributed by atoms with Crippen LogP contribution in [0, 0.1) is 19.8 Å². The molecule has 0 aromatic carbocycles. The van der Waals surface area contributed by atoms with E-state index in [0.717, 1.165) is 65.9 Å². The summed E-state index contributed by atoms with van der Waals surface area (Å²) in [6, 6.07) is 0. The average Bonchev–Trinajstić information content (AvgIpc) is 3.52. The van der Waals surface area contributed by atoms with Crippen LogP contribution in [-0.4, -0.2) is 49.2 Å². The molecule has 152 valence electrons. The van der Waals surface area contributed by atoms with Crippen LogP contribution in [0.4, 0.5) is 5.82 Å². The van der Waals surface area contributed by atoms with Gasteiger partial charge in [0.25, 0.3) is 0 Å². The monoisotopic (exact) mass is 393 g/mol. The quantitative estimate of drug-likeness (QED) is 0.659. The Balaban J connectivity index is 1.23. The van der Waals surface area contributed by atoms with Gasteiger partial charge in [0.15, 0.2) is 11.5 Å². The maximum atomic E-state index is 6.18. The first kappa shape index (κ1) is 18.3. The SMILES string of the molecule is Cc1nc(C2CC2)nc(OCC2CCN(c3ncnc4ncn(C)c34)CC2)c1C. The molecule has 0 N–H and O–H groups in total. The number of aromatic nitrogens is 6. The average molecular weight is 393 g/mol. The van der Waals surface area contributed by atoms with Crippen molar-refractivity contribution < 1.29 is 4.74 Å². The first-order valence-electron chi connectivity index (χ1n) is 10.4. The van der Waals surface area contributed by atoms with Crippen molar-refractivity contribution in [2.75, 3.05) is 24.6 Å². The van der Waals surface area contributed by atoms with E-state index < -0.39 is 0 Å². The molecular weight excluding hydrogens is 366 g/mol. The third kappa shape index (κ3) is 3.52. The fourth-order valence-corrected chi connectivity index (χ4v) is 4.00. The van der Waals surface area contributed by atoms with E-state index in [1.807, 2.05) is 11.6 Å². The van der Waals surface area contributed by atoms with Gasteiger partial charge in [-0.2, -0.15) is 4.98 Å². The van der Waals surface area contributed by atoms with E-state index in [9.17, 15) is 0 Å². The Kier molecular flexibility index (Phi) is 4.56. The van der Waals surface area contributed by atoms with Crippen molar-refractivity contribution in [3.8, 4) is 5.88 Å². The molecule has 8 heteroatoms. The number of anilines is 1. The zero-order valence-electron chi connectivity index (χ0n) is 17.3. The number of hydrogen-bond donors (Lipinski definition) is 0. The molecule has 2 aliphatic rings. The summed E-state index contributed by atoms with van der Waals surface area (Å²) >= 11 is 0. The van der Waals surface area contributed by atoms with Crippen molar-refractivity contribution in [1.82, 2.24) is 29.5 Å². The Morgan fingerprint density at radius 3 is 2.59 bits per heavy atom. The van der Waals surface area contributed by atoms with Crippen LogP contribution >= 0.6 is 0 Å². The number of hydrogen-bond acceptors (Lipinski definition) is 7. The molecule has 0 spiro atoms. The van der Waals surface area contributed by atoms with E-state index >= 15 is 0 Å². The Hall–Kier alpha value is -2.77. The van der Waals surface area contributed by atoms with Crippen LogP contribution in [0.15, 0.2) is 12.7 Å². The topological polar surface area (TPSA) is 81.8 Å². The Bertz CT molecular complexity index is 1030. The van der Waals surface area contributed by atoms with Crippen LogP contribution in [0.2, 0.25) is 0 Å². The maximum Gasteiger partial charge on any atom is 0.219 e. The zero-order valence-corrected chi connectivity index (χ0v) is 17.3. The highest BCUT2D eigenvalue weighted by molar-refractivity contribution is 5.83. The smallest absolute Gasteiger partial charge is 0.219 e. The summed E-state index contributed by atoms with van der Waals surface area (Å²) in [6.45, 7) is 6.73. The second-order valence-corrected chi connectivity index (χ2v) is 8.34. The van der Waals surface area contributed by atoms with Crippen LogP contribution < -0.4 is 9.64 Å². The molecule has 2 fully saturated rings. The molecule has 4 heterocycles. The maximum absolute atomic E-state index is 6.18. The minimum absolute atomic E-state index is 0.522. The van der Waals surface area contributed by atoms with E-state index in [-0.39, 0.29) is 0 Å². The van der Waals surface area contributed by atoms with Gasteiger partial charge >= 0.3 is 0 Å². The molecule has 8 nitrogen and oxygen atoms in total. The minimum atomic E-state index is 0.522. The van der Waals surface area contributed by atoms with Crippen LogP contribution in [0.1, 0.15) is 48.7 Å². The van der Waals surface area contributed by atoms with E-state index in [1.165, 1.54) is 12.8 Å². The lowest BCUT2D eigenvalue weighted by Crippen LogP contribution is -2.36. The molecule has 3 aromatic heterocycles. The molecule has 1 saturated heterocycles. The molecular formula is C21H27N7O. The molecule has 5 rings (SSSR count). The van der Waals surface area contributed by atoms with Crippen molar-refractivity contribution in [3.63, 3.8) is 0 Å². The standard InChI is InChI=1S/C21H27N7O/c1-13-14(2)25-18(16-4-5-16)26-21(13)29-10-15-6-8-28(9-7-15)20-17-19(22-11-23-20)24-12-27(17)3/h11-12,15-16H,4-10H2,1-3H3. The predicted molar refractivity (Wildman–Crippen MR) is 110 cm³/mol. The molecule has 29 heavy (non-hydrogen) atoms. The van der Waals surface area contributed by atoms with E-state index in [0.29, 0.717) is 18.4 Å². The van der Waals surface area contributed by atoms with Gasteiger partial charge in [-0.25, -0.2) is 19.9 Å². The summed E-state index contributed by atoms with van der Waals surface area (Å²) in [5.41, 5.74) is 3.85. The number of piperidine rings is 1. The van der Waals surface area contributed by atoms with Gasteiger partial charge in [0.05, 0.1) is 12.9 Å². The fraction of sp³-hybridized carbons (Fsp3) is 0.571. The highest BCUT2D eigenvalue weighted by Gasteiger charge is 2.28. The number of rotatable bonds is 5. The summed E-state index contributed by atoms with van der Waals surface area (Å²) in [7, 11) is 1.99. The van der Waals surface area contributed by atoms with Crippen molar-refractivity contribution in [3.05, 3.63) is 29.7 Å². The van der Waals surface area contributed by atoms with Gasteiger partial charge in [0.2, 0.25) is 5.88 Å². The first-order chi connectivity index (χ1) is 14.1. The third-order valence-electron chi connectivity index (χ3n) is 6.16. The lowest BCUT2D eigenvalue weighted by molar-refractivity contribution is 0.213. The normalized spacial score (nSPS) is 17.8. The summed E-state index contributed by atoms with van der Waals surface area (Å²) in [4.78, 5) is 24.9. The second-order valence-electron chi connectivity index (χ2n) is 8.34. The highest BCUT2D eigenvalue weighted by atomic mass is 16.5. The van der Waals surface area contributed by atoms with Crippen LogP contribution in [-0.2, 0) is 7.05 Å². The number of nitrogens with zero attached hydrogens (tertiary/aromatic N) is 7. The third-order valence-corrected chi connectivity index (χ3v) is 6.16. The van der Waals surface area contributed by atoms with Crippen molar-refractivity contribution in [2.24, 2.45) is 13.0 Å². The van der Waals surface area contributed by atoms with Crippen molar-refractivity contribution in [1.29, 1.82) is 0 Å². The lowest BCUT2D eigenvalue weighted by Gasteiger charge is -2.32. The molecule has 1 aliphatic carbocycles. The number of aryl methyl sites for hydroxylation is 2. The fourth-order valence-electron chi connectivity index (χ4n) is 4.00. The number of imidazole rings is 1. The molecule has 1 aliphatic heterocycles. The van der Waals surface area contributed by atoms with Crippen LogP contribution in [0.3, 0.4) is 0 Å². The molecule has 0 radical (unpaired) electrons. The molecule has 0 atom stereocenters. The van der Waals surface area contributed by atoms with Crippen molar-refractivity contribution in [2.45, 2.75) is 45.4 Å². The Labute approximate surface area is 170 Å². The lowest BCUT2D eigenvalue weighted by atomic mass is 9.98. The number of ether oxygens (including phenoxy) is 1. The zero-order chi connectivity index (χ0) is 20.0. The van der Waals surface area contributed by atoms with Crippen LogP contribution in [0.25, 0.3) is 11.2 Å². The van der Waals surface area contributed by atoms with E-state index in [1.54, 1.807) is 12.7 Å². The molecule has 0 bridgehead atoms. The largest absolute Gasteiger partial charge is 0.477 e. The Morgan fingerprint density at radius 1 is 1.03 bits per heavy atom. The van der Waals surface area contributed by atoms with E-state index in [4.69, 9.17) is 9.72 Å². The summed E-state index contributed by atoms with van der Waals surface area (Å²) < 4.78 is 8.18. The van der Waals surface area contributed by atoms with Crippen molar-refractivity contribution >= 4 is 17.0 Å². The summed E-state index contributed by atoms with van der Waals surface area (Å²) in [6.07, 6.45) is 7.95. The Morgan fingerprint density at radius 2 is 1.83 bits per heavy atom. The summed E-state index contributed by atoms with van der Waals surface area (Å²) in [5, 5.41) is 0. The second kappa shape index (κ2) is 7.24. The highest BCUT2D eigenvalue weighted by Crippen LogP contribution is 2.39. The van der Waals surface area contributed by atoms with Gasteiger partial charge in [0.1, 0.15) is 17.7 Å². The molecule has 1 saturated carbocycles. The van der Waals surface area contributed by atoms with Gasteiger partial charge in [-0.1, -0.05) is 0 Å². The van der Waals surface area contributed by atoms with Gasteiger partial charge in [-0.3, -0.25) is 0 Å². The van der Waals surface area contributed by atoms with Gasteiger partial charge in [-0.15, -0.1) is 0 Å². The van der Waals surface area contributed by atoms with E-state index in [2.05, 4.69) is 38.7 Å². The van der Waals surface area contributed by atoms with Gasteiger partial charge < -0.3 is 14.2 Å². The van der Waals surface area contributed by atoms with Gasteiger partial charge in [-0.05, 0) is 45.4 Å². The molecule has 3 aromatic rings. The van der Waals surface area contributed by atoms with Gasteiger partial charge in [0, 0.05) is 37.3 Å². The molecule has 0 unspecified atom stereocenters. The first-order valence-corrected chi connectivity index (χ1v) is 10.4. The number of fused-ring (bicyclic) bond motifs is 1. The minimum Gasteiger partial charge on any atom is -0.477 e. The molecule has 0 amide bonds. The predicted octanol–water partition coefficient (Wildman–Crippen LogP) is 2.94. The van der Waals surface area contributed by atoms with Crippen LogP contribution in [0.5, 0.6) is 5.88 Å².